The zero-order valence-corrected chi connectivity index (χ0v) is 10.2. The Hall–Kier alpha value is -1.51. The van der Waals surface area contributed by atoms with Gasteiger partial charge in [0.1, 0.15) is 5.75 Å². The molecular weight excluding hydrogens is 216 g/mol. The Morgan fingerprint density at radius 3 is 2.71 bits per heavy atom. The number of methoxy groups -OCH3 is 1. The van der Waals surface area contributed by atoms with E-state index in [4.69, 9.17) is 9.84 Å². The third kappa shape index (κ3) is 2.78. The van der Waals surface area contributed by atoms with Crippen molar-refractivity contribution in [3.05, 3.63) is 28.8 Å². The molecular formula is C14H18O3. The van der Waals surface area contributed by atoms with E-state index in [1.807, 2.05) is 0 Å². The lowest BCUT2D eigenvalue weighted by Gasteiger charge is -2.11. The van der Waals surface area contributed by atoms with Gasteiger partial charge in [-0.3, -0.25) is 4.79 Å². The van der Waals surface area contributed by atoms with Crippen LogP contribution in [0.5, 0.6) is 5.75 Å². The normalized spacial score (nSPS) is 13.5. The molecule has 0 heterocycles. The van der Waals surface area contributed by atoms with Crippen molar-refractivity contribution in [2.24, 2.45) is 0 Å². The predicted molar refractivity (Wildman–Crippen MR) is 65.6 cm³/mol. The molecule has 0 atom stereocenters. The molecule has 17 heavy (non-hydrogen) atoms. The summed E-state index contributed by atoms with van der Waals surface area (Å²) in [4.78, 5) is 10.5. The fourth-order valence-electron chi connectivity index (χ4n) is 2.47. The van der Waals surface area contributed by atoms with E-state index in [0.717, 1.165) is 30.6 Å². The molecule has 1 aromatic rings. The number of carboxylic acid groups (broad SMARTS) is 1. The summed E-state index contributed by atoms with van der Waals surface area (Å²) in [5.41, 5.74) is 3.95. The van der Waals surface area contributed by atoms with Crippen molar-refractivity contribution in [2.75, 3.05) is 7.11 Å². The zero-order valence-electron chi connectivity index (χ0n) is 10.2. The van der Waals surface area contributed by atoms with E-state index in [0.29, 0.717) is 6.42 Å². The van der Waals surface area contributed by atoms with Gasteiger partial charge in [0.2, 0.25) is 0 Å². The second-order valence-electron chi connectivity index (χ2n) is 4.53. The summed E-state index contributed by atoms with van der Waals surface area (Å²) in [6.07, 6.45) is 5.18. The average molecular weight is 234 g/mol. The Kier molecular flexibility index (Phi) is 3.67. The van der Waals surface area contributed by atoms with E-state index in [1.165, 1.54) is 17.5 Å². The first-order chi connectivity index (χ1) is 8.20. The largest absolute Gasteiger partial charge is 0.496 e. The number of aryl methyl sites for hydroxylation is 3. The molecule has 0 aliphatic heterocycles. The Balaban J connectivity index is 2.12. The van der Waals surface area contributed by atoms with E-state index in [9.17, 15) is 4.79 Å². The summed E-state index contributed by atoms with van der Waals surface area (Å²) in [6.45, 7) is 0. The highest BCUT2D eigenvalue weighted by atomic mass is 16.5. The molecule has 0 fully saturated rings. The molecule has 0 aromatic heterocycles. The van der Waals surface area contributed by atoms with Gasteiger partial charge in [-0.15, -0.1) is 0 Å². The van der Waals surface area contributed by atoms with Gasteiger partial charge in [0, 0.05) is 6.42 Å². The fourth-order valence-corrected chi connectivity index (χ4v) is 2.47. The van der Waals surface area contributed by atoms with E-state index in [2.05, 4.69) is 12.1 Å². The maximum absolute atomic E-state index is 10.5. The molecule has 1 aliphatic rings. The third-order valence-electron chi connectivity index (χ3n) is 3.33. The first-order valence-corrected chi connectivity index (χ1v) is 6.11. The van der Waals surface area contributed by atoms with Crippen LogP contribution >= 0.6 is 0 Å². The topological polar surface area (TPSA) is 46.5 Å². The van der Waals surface area contributed by atoms with Crippen molar-refractivity contribution in [1.29, 1.82) is 0 Å². The molecule has 0 radical (unpaired) electrons. The van der Waals surface area contributed by atoms with Gasteiger partial charge in [0.15, 0.2) is 0 Å². The molecule has 0 saturated heterocycles. The molecule has 92 valence electrons. The molecule has 1 N–H and O–H groups in total. The minimum absolute atomic E-state index is 0.222. The number of aliphatic carboxylic acids is 1. The molecule has 0 bridgehead atoms. The molecule has 0 saturated carbocycles. The van der Waals surface area contributed by atoms with Gasteiger partial charge in [-0.2, -0.15) is 0 Å². The highest BCUT2D eigenvalue weighted by Crippen LogP contribution is 2.30. The van der Waals surface area contributed by atoms with Gasteiger partial charge >= 0.3 is 5.97 Å². The van der Waals surface area contributed by atoms with Crippen LogP contribution in [0.4, 0.5) is 0 Å². The van der Waals surface area contributed by atoms with Crippen LogP contribution in [0.1, 0.15) is 36.0 Å². The summed E-state index contributed by atoms with van der Waals surface area (Å²) in [5, 5.41) is 8.64. The quantitative estimate of drug-likeness (QED) is 0.851. The first-order valence-electron chi connectivity index (χ1n) is 6.11. The van der Waals surface area contributed by atoms with Gasteiger partial charge in [-0.1, -0.05) is 6.07 Å². The number of benzene rings is 1. The number of fused-ring (bicyclic) bond motifs is 1. The highest BCUT2D eigenvalue weighted by Gasteiger charge is 2.15. The summed E-state index contributed by atoms with van der Waals surface area (Å²) in [7, 11) is 1.68. The molecule has 1 aromatic carbocycles. The second kappa shape index (κ2) is 5.21. The maximum Gasteiger partial charge on any atom is 0.303 e. The first kappa shape index (κ1) is 12.0. The van der Waals surface area contributed by atoms with Crippen molar-refractivity contribution >= 4 is 5.97 Å². The van der Waals surface area contributed by atoms with Crippen LogP contribution in [0.2, 0.25) is 0 Å². The number of hydrogen-bond donors (Lipinski definition) is 1. The Morgan fingerprint density at radius 1 is 1.35 bits per heavy atom. The minimum Gasteiger partial charge on any atom is -0.496 e. The van der Waals surface area contributed by atoms with Gasteiger partial charge in [0.25, 0.3) is 0 Å². The maximum atomic E-state index is 10.5. The summed E-state index contributed by atoms with van der Waals surface area (Å²) >= 11 is 0. The number of carboxylic acids is 1. The lowest BCUT2D eigenvalue weighted by molar-refractivity contribution is -0.137. The molecule has 0 amide bonds. The average Bonchev–Trinajstić information content (AvgIpc) is 2.74. The van der Waals surface area contributed by atoms with Gasteiger partial charge in [-0.05, 0) is 54.9 Å². The van der Waals surface area contributed by atoms with E-state index in [-0.39, 0.29) is 6.42 Å². The summed E-state index contributed by atoms with van der Waals surface area (Å²) in [6, 6.07) is 4.32. The Morgan fingerprint density at radius 2 is 2.06 bits per heavy atom. The van der Waals surface area contributed by atoms with Crippen molar-refractivity contribution < 1.29 is 14.6 Å². The fraction of sp³-hybridized carbons (Fsp3) is 0.500. The molecule has 2 rings (SSSR count). The van der Waals surface area contributed by atoms with E-state index >= 15 is 0 Å². The molecule has 0 unspecified atom stereocenters. The number of ether oxygens (including phenoxy) is 1. The van der Waals surface area contributed by atoms with Crippen LogP contribution in [0.25, 0.3) is 0 Å². The SMILES string of the molecule is COc1cc2c(cc1CCCC(=O)O)CCC2. The van der Waals surface area contributed by atoms with Crippen molar-refractivity contribution in [1.82, 2.24) is 0 Å². The van der Waals surface area contributed by atoms with Gasteiger partial charge in [-0.25, -0.2) is 0 Å². The van der Waals surface area contributed by atoms with Crippen LogP contribution in [0.3, 0.4) is 0 Å². The van der Waals surface area contributed by atoms with Gasteiger partial charge in [0.05, 0.1) is 7.11 Å². The summed E-state index contributed by atoms with van der Waals surface area (Å²) in [5.74, 6) is 0.182. The zero-order chi connectivity index (χ0) is 12.3. The molecule has 0 spiro atoms. The van der Waals surface area contributed by atoms with Crippen molar-refractivity contribution in [3.8, 4) is 5.75 Å². The molecule has 3 heteroatoms. The van der Waals surface area contributed by atoms with Crippen molar-refractivity contribution in [3.63, 3.8) is 0 Å². The lowest BCUT2D eigenvalue weighted by atomic mass is 10.0. The second-order valence-corrected chi connectivity index (χ2v) is 4.53. The van der Waals surface area contributed by atoms with Gasteiger partial charge < -0.3 is 9.84 Å². The summed E-state index contributed by atoms with van der Waals surface area (Å²) < 4.78 is 5.38. The number of hydrogen-bond acceptors (Lipinski definition) is 2. The highest BCUT2D eigenvalue weighted by molar-refractivity contribution is 5.66. The third-order valence-corrected chi connectivity index (χ3v) is 3.33. The van der Waals surface area contributed by atoms with Crippen LogP contribution in [-0.2, 0) is 24.1 Å². The van der Waals surface area contributed by atoms with E-state index in [1.54, 1.807) is 7.11 Å². The number of rotatable bonds is 5. The van der Waals surface area contributed by atoms with Crippen LogP contribution in [-0.4, -0.2) is 18.2 Å². The minimum atomic E-state index is -0.731. The monoisotopic (exact) mass is 234 g/mol. The smallest absolute Gasteiger partial charge is 0.303 e. The molecule has 3 nitrogen and oxygen atoms in total. The van der Waals surface area contributed by atoms with E-state index < -0.39 is 5.97 Å². The Labute approximate surface area is 101 Å². The van der Waals surface area contributed by atoms with Crippen LogP contribution in [0, 0.1) is 0 Å². The number of carbonyl (C=O) groups is 1. The Bertz CT molecular complexity index is 424. The standard InChI is InChI=1S/C14H18O3/c1-17-13-9-11-5-2-4-10(11)8-12(13)6-3-7-14(15)16/h8-9H,2-7H2,1H3,(H,15,16). The van der Waals surface area contributed by atoms with Crippen LogP contribution < -0.4 is 4.74 Å². The molecule has 1 aliphatic carbocycles. The lowest BCUT2D eigenvalue weighted by Crippen LogP contribution is -1.99. The predicted octanol–water partition coefficient (Wildman–Crippen LogP) is 2.59. The van der Waals surface area contributed by atoms with Crippen LogP contribution in [0.15, 0.2) is 12.1 Å². The van der Waals surface area contributed by atoms with Crippen molar-refractivity contribution in [2.45, 2.75) is 38.5 Å².